The Morgan fingerprint density at radius 2 is 1.81 bits per heavy atom. The van der Waals surface area contributed by atoms with Crippen molar-refractivity contribution in [3.05, 3.63) is 98.9 Å². The third kappa shape index (κ3) is 5.27. The minimum absolute atomic E-state index is 0.159. The quantitative estimate of drug-likeness (QED) is 0.371. The maximum Gasteiger partial charge on any atom is 0.358 e. The second-order valence-corrected chi connectivity index (χ2v) is 8.88. The maximum atomic E-state index is 13.3. The summed E-state index contributed by atoms with van der Waals surface area (Å²) in [4.78, 5) is 30.1. The fourth-order valence-electron chi connectivity index (χ4n) is 3.03. The SMILES string of the molecule is Cc1ccc(-c2nc(C(=O)OCC(=O)NC(c3ccc(F)cc3)c3cccs3)cs2)cc1. The molecule has 2 heterocycles. The van der Waals surface area contributed by atoms with Gasteiger partial charge in [0.2, 0.25) is 0 Å². The van der Waals surface area contributed by atoms with Crippen LogP contribution in [0.3, 0.4) is 0 Å². The Hall–Kier alpha value is -3.36. The number of hydrogen-bond donors (Lipinski definition) is 1. The molecule has 0 aliphatic carbocycles. The van der Waals surface area contributed by atoms with Gasteiger partial charge in [-0.25, -0.2) is 14.2 Å². The molecular formula is C24H19FN2O3S2. The molecule has 0 saturated carbocycles. The first kappa shape index (κ1) is 21.9. The molecule has 1 amide bonds. The molecule has 0 saturated heterocycles. The second kappa shape index (κ2) is 9.84. The molecule has 0 aliphatic heterocycles. The summed E-state index contributed by atoms with van der Waals surface area (Å²) in [5, 5.41) is 7.06. The first-order valence-electron chi connectivity index (χ1n) is 9.77. The standard InChI is InChI=1S/C24H19FN2O3S2/c1-15-4-6-17(7-5-15)23-26-19(14-32-23)24(29)30-13-21(28)27-22(20-3-2-12-31-20)16-8-10-18(25)11-9-16/h2-12,14,22H,13H2,1H3,(H,27,28). The van der Waals surface area contributed by atoms with Gasteiger partial charge in [0.25, 0.3) is 5.91 Å². The number of carbonyl (C=O) groups is 2. The molecule has 0 spiro atoms. The number of halogens is 1. The van der Waals surface area contributed by atoms with Gasteiger partial charge in [-0.15, -0.1) is 22.7 Å². The van der Waals surface area contributed by atoms with E-state index in [2.05, 4.69) is 10.3 Å². The van der Waals surface area contributed by atoms with Crippen molar-refractivity contribution in [1.82, 2.24) is 10.3 Å². The molecule has 0 radical (unpaired) electrons. The lowest BCUT2D eigenvalue weighted by atomic mass is 10.1. The highest BCUT2D eigenvalue weighted by Crippen LogP contribution is 2.27. The Kier molecular flexibility index (Phi) is 6.72. The van der Waals surface area contributed by atoms with Gasteiger partial charge in [0.15, 0.2) is 12.3 Å². The van der Waals surface area contributed by atoms with Gasteiger partial charge in [-0.1, -0.05) is 48.0 Å². The number of thiophene rings is 1. The largest absolute Gasteiger partial charge is 0.451 e. The maximum absolute atomic E-state index is 13.3. The van der Waals surface area contributed by atoms with Crippen molar-refractivity contribution in [2.75, 3.05) is 6.61 Å². The van der Waals surface area contributed by atoms with Gasteiger partial charge in [-0.2, -0.15) is 0 Å². The molecule has 32 heavy (non-hydrogen) atoms. The Morgan fingerprint density at radius 1 is 1.06 bits per heavy atom. The Morgan fingerprint density at radius 3 is 2.50 bits per heavy atom. The lowest BCUT2D eigenvalue weighted by molar-refractivity contribution is -0.124. The van der Waals surface area contributed by atoms with E-state index in [1.165, 1.54) is 34.8 Å². The van der Waals surface area contributed by atoms with Gasteiger partial charge in [-0.3, -0.25) is 4.79 Å². The van der Waals surface area contributed by atoms with Gasteiger partial charge in [0.1, 0.15) is 10.8 Å². The zero-order chi connectivity index (χ0) is 22.5. The second-order valence-electron chi connectivity index (χ2n) is 7.05. The van der Waals surface area contributed by atoms with E-state index in [4.69, 9.17) is 4.74 Å². The van der Waals surface area contributed by atoms with Crippen molar-refractivity contribution in [2.45, 2.75) is 13.0 Å². The van der Waals surface area contributed by atoms with Crippen molar-refractivity contribution >= 4 is 34.6 Å². The van der Waals surface area contributed by atoms with Crippen LogP contribution in [-0.2, 0) is 9.53 Å². The molecule has 0 aliphatic rings. The Bertz CT molecular complexity index is 1200. The Balaban J connectivity index is 1.39. The number of aryl methyl sites for hydroxylation is 1. The molecule has 0 bridgehead atoms. The van der Waals surface area contributed by atoms with Gasteiger partial charge in [0.05, 0.1) is 6.04 Å². The summed E-state index contributed by atoms with van der Waals surface area (Å²) in [6.07, 6.45) is 0. The number of hydrogen-bond acceptors (Lipinski definition) is 6. The molecule has 162 valence electrons. The van der Waals surface area contributed by atoms with Crippen LogP contribution in [0.2, 0.25) is 0 Å². The van der Waals surface area contributed by atoms with Crippen LogP contribution in [0.15, 0.2) is 71.4 Å². The van der Waals surface area contributed by atoms with Crippen molar-refractivity contribution in [2.24, 2.45) is 0 Å². The fraction of sp³-hybridized carbons (Fsp3) is 0.125. The number of aromatic nitrogens is 1. The van der Waals surface area contributed by atoms with E-state index in [0.29, 0.717) is 5.01 Å². The van der Waals surface area contributed by atoms with Gasteiger partial charge >= 0.3 is 5.97 Å². The highest BCUT2D eigenvalue weighted by molar-refractivity contribution is 7.13. The monoisotopic (exact) mass is 466 g/mol. The van der Waals surface area contributed by atoms with Crippen molar-refractivity contribution in [3.8, 4) is 10.6 Å². The normalized spacial score (nSPS) is 11.7. The summed E-state index contributed by atoms with van der Waals surface area (Å²) in [5.41, 5.74) is 2.94. The zero-order valence-corrected chi connectivity index (χ0v) is 18.7. The van der Waals surface area contributed by atoms with E-state index in [1.54, 1.807) is 17.5 Å². The molecule has 4 aromatic rings. The minimum Gasteiger partial charge on any atom is -0.451 e. The summed E-state index contributed by atoms with van der Waals surface area (Å²) in [5.74, 6) is -1.48. The van der Waals surface area contributed by atoms with E-state index in [-0.39, 0.29) is 11.5 Å². The molecule has 4 rings (SSSR count). The van der Waals surface area contributed by atoms with Crippen LogP contribution < -0.4 is 5.32 Å². The summed E-state index contributed by atoms with van der Waals surface area (Å²) in [6.45, 7) is 1.55. The van der Waals surface area contributed by atoms with Gasteiger partial charge in [-0.05, 0) is 36.1 Å². The third-order valence-corrected chi connectivity index (χ3v) is 6.51. The first-order chi connectivity index (χ1) is 15.5. The average Bonchev–Trinajstić information content (AvgIpc) is 3.50. The molecule has 0 fully saturated rings. The minimum atomic E-state index is -0.663. The summed E-state index contributed by atoms with van der Waals surface area (Å²) in [7, 11) is 0. The van der Waals surface area contributed by atoms with E-state index >= 15 is 0 Å². The average molecular weight is 467 g/mol. The zero-order valence-electron chi connectivity index (χ0n) is 17.1. The number of ether oxygens (including phenoxy) is 1. The van der Waals surface area contributed by atoms with Crippen LogP contribution in [0, 0.1) is 12.7 Å². The highest BCUT2D eigenvalue weighted by Gasteiger charge is 2.20. The lowest BCUT2D eigenvalue weighted by Crippen LogP contribution is -2.32. The van der Waals surface area contributed by atoms with Crippen LogP contribution in [0.4, 0.5) is 4.39 Å². The first-order valence-corrected chi connectivity index (χ1v) is 11.5. The fourth-order valence-corrected chi connectivity index (χ4v) is 4.63. The number of nitrogens with one attached hydrogen (secondary N) is 1. The van der Waals surface area contributed by atoms with E-state index in [9.17, 15) is 14.0 Å². The van der Waals surface area contributed by atoms with Crippen LogP contribution in [0.5, 0.6) is 0 Å². The lowest BCUT2D eigenvalue weighted by Gasteiger charge is -2.18. The summed E-state index contributed by atoms with van der Waals surface area (Å²) in [6, 6.07) is 17.0. The molecule has 1 atom stereocenters. The molecule has 2 aromatic carbocycles. The number of carbonyl (C=O) groups excluding carboxylic acids is 2. The number of amides is 1. The van der Waals surface area contributed by atoms with Crippen molar-refractivity contribution in [3.63, 3.8) is 0 Å². The molecule has 5 nitrogen and oxygen atoms in total. The molecule has 1 unspecified atom stereocenters. The predicted octanol–water partition coefficient (Wildman–Crippen LogP) is 5.38. The van der Waals surface area contributed by atoms with Crippen LogP contribution in [-0.4, -0.2) is 23.5 Å². The molecule has 1 N–H and O–H groups in total. The molecule has 8 heteroatoms. The van der Waals surface area contributed by atoms with Gasteiger partial charge in [0, 0.05) is 15.8 Å². The van der Waals surface area contributed by atoms with Crippen LogP contribution in [0.25, 0.3) is 10.6 Å². The van der Waals surface area contributed by atoms with E-state index in [1.807, 2.05) is 48.7 Å². The van der Waals surface area contributed by atoms with Crippen LogP contribution in [0.1, 0.15) is 32.5 Å². The third-order valence-electron chi connectivity index (χ3n) is 4.68. The van der Waals surface area contributed by atoms with Gasteiger partial charge < -0.3 is 10.1 Å². The highest BCUT2D eigenvalue weighted by atomic mass is 32.1. The summed E-state index contributed by atoms with van der Waals surface area (Å²) >= 11 is 2.81. The Labute approximate surface area is 192 Å². The van der Waals surface area contributed by atoms with E-state index in [0.717, 1.165) is 21.6 Å². The number of nitrogens with zero attached hydrogens (tertiary/aromatic N) is 1. The van der Waals surface area contributed by atoms with E-state index < -0.39 is 24.5 Å². The van der Waals surface area contributed by atoms with Crippen molar-refractivity contribution in [1.29, 1.82) is 0 Å². The molecule has 2 aromatic heterocycles. The number of esters is 1. The summed E-state index contributed by atoms with van der Waals surface area (Å²) < 4.78 is 18.5. The smallest absolute Gasteiger partial charge is 0.358 e. The topological polar surface area (TPSA) is 68.3 Å². The number of thiazole rings is 1. The predicted molar refractivity (Wildman–Crippen MR) is 123 cm³/mol. The number of rotatable bonds is 7. The van der Waals surface area contributed by atoms with Crippen LogP contribution >= 0.6 is 22.7 Å². The number of benzene rings is 2. The van der Waals surface area contributed by atoms with Crippen molar-refractivity contribution < 1.29 is 18.7 Å². The molecular weight excluding hydrogens is 447 g/mol.